The maximum absolute atomic E-state index is 7.24. The number of thioether (sulfide) groups is 1. The Hall–Kier alpha value is -5.67. The van der Waals surface area contributed by atoms with Crippen LogP contribution < -0.4 is 9.47 Å². The molecule has 1 fully saturated rings. The lowest BCUT2D eigenvalue weighted by atomic mass is 9.91. The van der Waals surface area contributed by atoms with Gasteiger partial charge in [0.25, 0.3) is 0 Å². The normalized spacial score (nSPS) is 18.5. The Labute approximate surface area is 377 Å². The van der Waals surface area contributed by atoms with Crippen molar-refractivity contribution in [3.63, 3.8) is 0 Å². The van der Waals surface area contributed by atoms with Gasteiger partial charge in [-0.2, -0.15) is 0 Å². The highest BCUT2D eigenvalue weighted by Gasteiger charge is 2.49. The largest absolute Gasteiger partial charge is 0.497 e. The Morgan fingerprint density at radius 2 is 0.921 bits per heavy atom. The van der Waals surface area contributed by atoms with Crippen LogP contribution in [-0.4, -0.2) is 37.3 Å². The summed E-state index contributed by atoms with van der Waals surface area (Å²) in [7, 11) is 1.70. The van der Waals surface area contributed by atoms with Gasteiger partial charge in [0.15, 0.2) is 0 Å². The van der Waals surface area contributed by atoms with Crippen molar-refractivity contribution < 1.29 is 28.4 Å². The number of aryl methyl sites for hydroxylation is 1. The van der Waals surface area contributed by atoms with Crippen LogP contribution in [0.15, 0.2) is 188 Å². The minimum atomic E-state index is -0.484. The Kier molecular flexibility index (Phi) is 15.8. The quantitative estimate of drug-likeness (QED) is 0.0757. The zero-order valence-corrected chi connectivity index (χ0v) is 36.9. The van der Waals surface area contributed by atoms with Crippen molar-refractivity contribution in [2.75, 3.05) is 13.7 Å². The lowest BCUT2D eigenvalue weighted by molar-refractivity contribution is -0.160. The van der Waals surface area contributed by atoms with E-state index in [1.54, 1.807) is 7.11 Å². The van der Waals surface area contributed by atoms with Crippen LogP contribution in [0.5, 0.6) is 11.5 Å². The molecular formula is C56H56O6S. The van der Waals surface area contributed by atoms with Gasteiger partial charge >= 0.3 is 0 Å². The highest BCUT2D eigenvalue weighted by atomic mass is 32.2. The van der Waals surface area contributed by atoms with E-state index in [2.05, 4.69) is 153 Å². The third-order valence-corrected chi connectivity index (χ3v) is 13.0. The highest BCUT2D eigenvalue weighted by Crippen LogP contribution is 2.50. The molecule has 5 atom stereocenters. The van der Waals surface area contributed by atoms with Crippen molar-refractivity contribution in [2.45, 2.75) is 75.2 Å². The monoisotopic (exact) mass is 856 g/mol. The van der Waals surface area contributed by atoms with Crippen molar-refractivity contribution >= 4 is 11.8 Å². The lowest BCUT2D eigenvalue weighted by Gasteiger charge is -2.46. The first-order valence-corrected chi connectivity index (χ1v) is 22.7. The molecule has 0 unspecified atom stereocenters. The molecule has 6 nitrogen and oxygen atoms in total. The molecule has 1 aliphatic rings. The molecule has 1 saturated heterocycles. The molecule has 0 radical (unpaired) electrons. The van der Waals surface area contributed by atoms with Gasteiger partial charge in [-0.3, -0.25) is 0 Å². The maximum atomic E-state index is 7.24. The zero-order chi connectivity index (χ0) is 43.1. The van der Waals surface area contributed by atoms with E-state index in [9.17, 15) is 0 Å². The molecule has 0 aromatic heterocycles. The molecule has 63 heavy (non-hydrogen) atoms. The number of rotatable bonds is 20. The van der Waals surface area contributed by atoms with Crippen LogP contribution in [0.2, 0.25) is 0 Å². The minimum absolute atomic E-state index is 0.131. The molecule has 0 amide bonds. The molecule has 322 valence electrons. The fraction of sp³-hybridized carbons (Fsp3) is 0.250. The first-order chi connectivity index (χ1) is 31.1. The Morgan fingerprint density at radius 3 is 1.43 bits per heavy atom. The van der Waals surface area contributed by atoms with Crippen LogP contribution in [0.1, 0.15) is 55.3 Å². The average molecular weight is 857 g/mol. The van der Waals surface area contributed by atoms with E-state index in [0.29, 0.717) is 39.6 Å². The number of hydrogen-bond acceptors (Lipinski definition) is 7. The topological polar surface area (TPSA) is 55.4 Å². The average Bonchev–Trinajstić information content (AvgIpc) is 3.34. The lowest BCUT2D eigenvalue weighted by Crippen LogP contribution is -2.54. The Bertz CT molecular complexity index is 2400. The van der Waals surface area contributed by atoms with Gasteiger partial charge in [0, 0.05) is 5.56 Å². The Balaban J connectivity index is 1.23. The summed E-state index contributed by atoms with van der Waals surface area (Å²) in [6.45, 7) is 4.75. The second-order valence-electron chi connectivity index (χ2n) is 16.0. The molecule has 0 spiro atoms. The van der Waals surface area contributed by atoms with Crippen molar-refractivity contribution in [3.8, 4) is 11.5 Å². The van der Waals surface area contributed by atoms with Gasteiger partial charge in [0.2, 0.25) is 0 Å². The summed E-state index contributed by atoms with van der Waals surface area (Å²) in [5, 5.41) is -0.356. The van der Waals surface area contributed by atoms with E-state index in [-0.39, 0.29) is 16.6 Å². The van der Waals surface area contributed by atoms with E-state index in [0.717, 1.165) is 56.9 Å². The third-order valence-electron chi connectivity index (χ3n) is 11.4. The second kappa shape index (κ2) is 22.6. The summed E-state index contributed by atoms with van der Waals surface area (Å²) in [6, 6.07) is 64.7. The Morgan fingerprint density at radius 1 is 0.460 bits per heavy atom. The summed E-state index contributed by atoms with van der Waals surface area (Å²) in [4.78, 5) is 0. The van der Waals surface area contributed by atoms with Gasteiger partial charge in [-0.15, -0.1) is 11.8 Å². The molecular weight excluding hydrogens is 801 g/mol. The highest BCUT2D eigenvalue weighted by molar-refractivity contribution is 8.00. The first kappa shape index (κ1) is 44.0. The van der Waals surface area contributed by atoms with Gasteiger partial charge in [-0.1, -0.05) is 170 Å². The number of hydrogen-bond donors (Lipinski definition) is 0. The van der Waals surface area contributed by atoms with Crippen molar-refractivity contribution in [2.24, 2.45) is 0 Å². The second-order valence-corrected chi connectivity index (χ2v) is 17.4. The molecule has 8 rings (SSSR count). The molecule has 0 aliphatic carbocycles. The van der Waals surface area contributed by atoms with Crippen LogP contribution in [-0.2, 0) is 58.4 Å². The smallest absolute Gasteiger partial charge is 0.124 e. The molecule has 0 saturated carbocycles. The number of methoxy groups -OCH3 is 1. The minimum Gasteiger partial charge on any atom is -0.497 e. The predicted molar refractivity (Wildman–Crippen MR) is 253 cm³/mol. The molecule has 1 aliphatic heterocycles. The van der Waals surface area contributed by atoms with Crippen LogP contribution in [0, 0.1) is 6.92 Å². The first-order valence-electron chi connectivity index (χ1n) is 21.8. The van der Waals surface area contributed by atoms with Crippen LogP contribution in [0.25, 0.3) is 0 Å². The van der Waals surface area contributed by atoms with E-state index in [1.807, 2.05) is 54.2 Å². The number of ether oxygens (including phenoxy) is 6. The van der Waals surface area contributed by atoms with Crippen molar-refractivity contribution in [3.05, 3.63) is 238 Å². The zero-order valence-electron chi connectivity index (χ0n) is 36.1. The van der Waals surface area contributed by atoms with E-state index in [1.165, 1.54) is 11.1 Å². The predicted octanol–water partition coefficient (Wildman–Crippen LogP) is 12.3. The molecule has 0 bridgehead atoms. The summed E-state index contributed by atoms with van der Waals surface area (Å²) in [6.07, 6.45) is -0.567. The molecule has 7 aromatic rings. The van der Waals surface area contributed by atoms with Gasteiger partial charge in [0.05, 0.1) is 50.6 Å². The van der Waals surface area contributed by atoms with E-state index < -0.39 is 12.2 Å². The van der Waals surface area contributed by atoms with Crippen LogP contribution >= 0.6 is 11.8 Å². The van der Waals surface area contributed by atoms with Crippen LogP contribution in [0.3, 0.4) is 0 Å². The molecule has 7 heteroatoms. The summed E-state index contributed by atoms with van der Waals surface area (Å²) >= 11 is 1.84. The van der Waals surface area contributed by atoms with Gasteiger partial charge in [-0.25, -0.2) is 0 Å². The van der Waals surface area contributed by atoms with Crippen LogP contribution in [0.4, 0.5) is 0 Å². The molecule has 1 heterocycles. The molecule has 7 aromatic carbocycles. The van der Waals surface area contributed by atoms with Gasteiger partial charge < -0.3 is 28.4 Å². The summed E-state index contributed by atoms with van der Waals surface area (Å²) in [5.41, 5.74) is 10.1. The van der Waals surface area contributed by atoms with E-state index >= 15 is 0 Å². The van der Waals surface area contributed by atoms with Crippen molar-refractivity contribution in [1.82, 2.24) is 0 Å². The van der Waals surface area contributed by atoms with Gasteiger partial charge in [0.1, 0.15) is 36.4 Å². The number of benzene rings is 7. The summed E-state index contributed by atoms with van der Waals surface area (Å²) < 4.78 is 40.5. The van der Waals surface area contributed by atoms with Crippen molar-refractivity contribution in [1.29, 1.82) is 0 Å². The molecule has 0 N–H and O–H groups in total. The fourth-order valence-electron chi connectivity index (χ4n) is 8.02. The third kappa shape index (κ3) is 12.3. The SMILES string of the molecule is COc1ccc(Cc2cc([C@@H]3S[C@H](COCc4ccccc4)[C@@H](OCc4ccccc4)[C@H](OCc4ccccc4)[C@H]3OCc3ccccc3)c(OCc3ccccc3)cc2C)cc1. The fourth-order valence-corrected chi connectivity index (χ4v) is 9.68. The summed E-state index contributed by atoms with van der Waals surface area (Å²) in [5.74, 6) is 1.67. The maximum Gasteiger partial charge on any atom is 0.124 e. The van der Waals surface area contributed by atoms with E-state index in [4.69, 9.17) is 28.4 Å². The standard InChI is InChI=1S/C56H56O6S/c1-41-32-51(59-36-44-20-10-4-11-21-44)50(34-48(41)33-42-28-30-49(57-2)31-29-42)56-55(62-39-47-26-16-7-17-27-47)54(61-38-46-24-14-6-15-25-46)53(60-37-45-22-12-5-13-23-45)52(63-56)40-58-35-43-18-8-3-9-19-43/h3-32,34,52-56H,33,35-40H2,1-2H3/t52-,53-,54+,55-,56+/m1/s1. The van der Waals surface area contributed by atoms with Gasteiger partial charge in [-0.05, 0) is 76.1 Å².